The van der Waals surface area contributed by atoms with Crippen molar-refractivity contribution in [1.29, 1.82) is 0 Å². The number of nitrogens with one attached hydrogen (secondary N) is 1. The van der Waals surface area contributed by atoms with Crippen LogP contribution in [0.25, 0.3) is 0 Å². The molecule has 2 nitrogen and oxygen atoms in total. The Morgan fingerprint density at radius 1 is 1.32 bits per heavy atom. The van der Waals surface area contributed by atoms with E-state index in [0.29, 0.717) is 5.54 Å². The van der Waals surface area contributed by atoms with Crippen molar-refractivity contribution in [3.05, 3.63) is 0 Å². The van der Waals surface area contributed by atoms with Crippen molar-refractivity contribution in [2.45, 2.75) is 71.9 Å². The van der Waals surface area contributed by atoms with Crippen LogP contribution in [0.3, 0.4) is 0 Å². The van der Waals surface area contributed by atoms with Gasteiger partial charge in [0, 0.05) is 31.2 Å². The van der Waals surface area contributed by atoms with Gasteiger partial charge in [-0.1, -0.05) is 34.1 Å². The Balaban J connectivity index is 1.99. The summed E-state index contributed by atoms with van der Waals surface area (Å²) in [5.74, 6) is 2.67. The zero-order valence-corrected chi connectivity index (χ0v) is 13.7. The predicted molar refractivity (Wildman–Crippen MR) is 83.4 cm³/mol. The Morgan fingerprint density at radius 3 is 2.58 bits per heavy atom. The van der Waals surface area contributed by atoms with Gasteiger partial charge >= 0.3 is 0 Å². The zero-order chi connectivity index (χ0) is 14.0. The van der Waals surface area contributed by atoms with E-state index in [-0.39, 0.29) is 0 Å². The molecule has 2 heteroatoms. The molecular formula is C17H34N2. The van der Waals surface area contributed by atoms with Crippen molar-refractivity contribution in [3.63, 3.8) is 0 Å². The van der Waals surface area contributed by atoms with Gasteiger partial charge in [0.15, 0.2) is 0 Å². The van der Waals surface area contributed by atoms with E-state index in [1.54, 1.807) is 0 Å². The van der Waals surface area contributed by atoms with Gasteiger partial charge in [0.1, 0.15) is 0 Å². The maximum Gasteiger partial charge on any atom is 0.0278 e. The summed E-state index contributed by atoms with van der Waals surface area (Å²) in [6.07, 6.45) is 5.60. The lowest BCUT2D eigenvalue weighted by atomic mass is 9.89. The summed E-state index contributed by atoms with van der Waals surface area (Å²) in [5.41, 5.74) is 0.329. The van der Waals surface area contributed by atoms with E-state index in [9.17, 15) is 0 Å². The topological polar surface area (TPSA) is 15.3 Å². The minimum absolute atomic E-state index is 0.329. The van der Waals surface area contributed by atoms with Gasteiger partial charge in [-0.2, -0.15) is 0 Å². The third-order valence-electron chi connectivity index (χ3n) is 5.61. The second-order valence-electron chi connectivity index (χ2n) is 7.82. The first-order valence-electron chi connectivity index (χ1n) is 8.42. The average molecular weight is 266 g/mol. The molecule has 0 amide bonds. The highest BCUT2D eigenvalue weighted by molar-refractivity contribution is 4.96. The van der Waals surface area contributed by atoms with E-state index in [4.69, 9.17) is 0 Å². The van der Waals surface area contributed by atoms with Crippen molar-refractivity contribution in [2.75, 3.05) is 19.6 Å². The highest BCUT2D eigenvalue weighted by Crippen LogP contribution is 2.33. The minimum atomic E-state index is 0.329. The smallest absolute Gasteiger partial charge is 0.0278 e. The molecule has 4 unspecified atom stereocenters. The minimum Gasteiger partial charge on any atom is -0.309 e. The molecule has 19 heavy (non-hydrogen) atoms. The fourth-order valence-electron chi connectivity index (χ4n) is 4.02. The molecule has 1 N–H and O–H groups in total. The highest BCUT2D eigenvalue weighted by atomic mass is 15.3. The van der Waals surface area contributed by atoms with Crippen molar-refractivity contribution in [2.24, 2.45) is 17.8 Å². The standard InChI is InChI=1S/C17H34N2/c1-6-17(5)12-19(16(10-18-17)13(2)3)11-15-8-7-14(4)9-15/h13-16,18H,6-12H2,1-5H3. The molecule has 0 spiro atoms. The number of nitrogens with zero attached hydrogens (tertiary/aromatic N) is 1. The molecule has 4 atom stereocenters. The van der Waals surface area contributed by atoms with E-state index >= 15 is 0 Å². The molecule has 1 saturated carbocycles. The summed E-state index contributed by atoms with van der Waals surface area (Å²) < 4.78 is 0. The molecule has 1 saturated heterocycles. The molecule has 112 valence electrons. The van der Waals surface area contributed by atoms with Gasteiger partial charge < -0.3 is 5.32 Å². The molecule has 2 aliphatic rings. The monoisotopic (exact) mass is 266 g/mol. The van der Waals surface area contributed by atoms with Crippen LogP contribution in [0, 0.1) is 17.8 Å². The first-order chi connectivity index (χ1) is 8.93. The zero-order valence-electron chi connectivity index (χ0n) is 13.7. The van der Waals surface area contributed by atoms with Crippen LogP contribution >= 0.6 is 0 Å². The molecule has 0 bridgehead atoms. The Hall–Kier alpha value is -0.0800. The fraction of sp³-hybridized carbons (Fsp3) is 1.00. The van der Waals surface area contributed by atoms with Crippen LogP contribution in [-0.4, -0.2) is 36.1 Å². The van der Waals surface area contributed by atoms with Gasteiger partial charge in [0.25, 0.3) is 0 Å². The second-order valence-corrected chi connectivity index (χ2v) is 7.82. The molecule has 2 rings (SSSR count). The second kappa shape index (κ2) is 6.13. The summed E-state index contributed by atoms with van der Waals surface area (Å²) in [7, 11) is 0. The summed E-state index contributed by atoms with van der Waals surface area (Å²) >= 11 is 0. The lowest BCUT2D eigenvalue weighted by molar-refractivity contribution is 0.0474. The van der Waals surface area contributed by atoms with Crippen molar-refractivity contribution in [1.82, 2.24) is 10.2 Å². The van der Waals surface area contributed by atoms with Crippen LogP contribution < -0.4 is 5.32 Å². The SMILES string of the molecule is CCC1(C)CN(CC2CCC(C)C2)C(C(C)C)CN1. The lowest BCUT2D eigenvalue weighted by Gasteiger charge is -2.48. The van der Waals surface area contributed by atoms with Gasteiger partial charge in [-0.25, -0.2) is 0 Å². The van der Waals surface area contributed by atoms with Gasteiger partial charge in [-0.05, 0) is 43.9 Å². The molecule has 0 aromatic carbocycles. The van der Waals surface area contributed by atoms with Crippen LogP contribution in [0.4, 0.5) is 0 Å². The largest absolute Gasteiger partial charge is 0.309 e. The molecule has 0 aromatic rings. The molecule has 1 aliphatic heterocycles. The van der Waals surface area contributed by atoms with Gasteiger partial charge in [-0.15, -0.1) is 0 Å². The Bertz CT molecular complexity index is 289. The van der Waals surface area contributed by atoms with Crippen molar-refractivity contribution in [3.8, 4) is 0 Å². The number of hydrogen-bond acceptors (Lipinski definition) is 2. The summed E-state index contributed by atoms with van der Waals surface area (Å²) in [6.45, 7) is 15.6. The first-order valence-corrected chi connectivity index (χ1v) is 8.42. The van der Waals surface area contributed by atoms with E-state index < -0.39 is 0 Å². The third kappa shape index (κ3) is 3.72. The van der Waals surface area contributed by atoms with E-state index in [1.807, 2.05) is 0 Å². The van der Waals surface area contributed by atoms with Gasteiger partial charge in [0.2, 0.25) is 0 Å². The summed E-state index contributed by atoms with van der Waals surface area (Å²) in [4.78, 5) is 2.81. The van der Waals surface area contributed by atoms with Crippen molar-refractivity contribution < 1.29 is 0 Å². The van der Waals surface area contributed by atoms with Gasteiger partial charge in [-0.3, -0.25) is 4.90 Å². The maximum atomic E-state index is 3.80. The number of piperazine rings is 1. The van der Waals surface area contributed by atoms with Gasteiger partial charge in [0.05, 0.1) is 0 Å². The van der Waals surface area contributed by atoms with E-state index in [1.165, 1.54) is 45.3 Å². The fourth-order valence-corrected chi connectivity index (χ4v) is 4.02. The normalized spacial score (nSPS) is 41.1. The van der Waals surface area contributed by atoms with Crippen molar-refractivity contribution >= 4 is 0 Å². The van der Waals surface area contributed by atoms with Crippen LogP contribution in [0.2, 0.25) is 0 Å². The average Bonchev–Trinajstić information content (AvgIpc) is 2.74. The van der Waals surface area contributed by atoms with Crippen LogP contribution in [0.5, 0.6) is 0 Å². The Labute approximate surface area is 120 Å². The summed E-state index contributed by atoms with van der Waals surface area (Å²) in [6, 6.07) is 0.732. The molecular weight excluding hydrogens is 232 g/mol. The van der Waals surface area contributed by atoms with E-state index in [2.05, 4.69) is 44.8 Å². The Morgan fingerprint density at radius 2 is 2.05 bits per heavy atom. The molecule has 2 fully saturated rings. The molecule has 1 aliphatic carbocycles. The number of rotatable bonds is 4. The van der Waals surface area contributed by atoms with Crippen LogP contribution in [-0.2, 0) is 0 Å². The molecule has 1 heterocycles. The summed E-state index contributed by atoms with van der Waals surface area (Å²) in [5, 5.41) is 3.80. The highest BCUT2D eigenvalue weighted by Gasteiger charge is 2.37. The molecule has 0 radical (unpaired) electrons. The quantitative estimate of drug-likeness (QED) is 0.837. The maximum absolute atomic E-state index is 3.80. The predicted octanol–water partition coefficient (Wildman–Crippen LogP) is 3.52. The molecule has 0 aromatic heterocycles. The van der Waals surface area contributed by atoms with E-state index in [0.717, 1.165) is 23.8 Å². The van der Waals surface area contributed by atoms with Crippen LogP contribution in [0.15, 0.2) is 0 Å². The number of hydrogen-bond donors (Lipinski definition) is 1. The Kier molecular flexibility index (Phi) is 4.94. The third-order valence-corrected chi connectivity index (χ3v) is 5.61. The first kappa shape index (κ1) is 15.3. The lowest BCUT2D eigenvalue weighted by Crippen LogP contribution is -2.64. The van der Waals surface area contributed by atoms with Crippen LogP contribution in [0.1, 0.15) is 60.3 Å².